The number of urea groups is 1. The first kappa shape index (κ1) is 18.0. The molecule has 22 heavy (non-hydrogen) atoms. The van der Waals surface area contributed by atoms with Crippen LogP contribution in [0.3, 0.4) is 0 Å². The van der Waals surface area contributed by atoms with Gasteiger partial charge in [0.1, 0.15) is 6.04 Å². The molecule has 1 aromatic carbocycles. The fourth-order valence-electron chi connectivity index (χ4n) is 2.22. The Labute approximate surface area is 132 Å². The van der Waals surface area contributed by atoms with E-state index in [1.807, 2.05) is 25.1 Å². The Kier molecular flexibility index (Phi) is 7.43. The number of nitrogens with one attached hydrogen (secondary N) is 3. The highest BCUT2D eigenvalue weighted by atomic mass is 16.2. The van der Waals surface area contributed by atoms with Gasteiger partial charge in [0, 0.05) is 12.2 Å². The van der Waals surface area contributed by atoms with E-state index in [1.54, 1.807) is 6.92 Å². The minimum atomic E-state index is -0.564. The summed E-state index contributed by atoms with van der Waals surface area (Å²) in [7, 11) is 0. The minimum Gasteiger partial charge on any atom is -0.354 e. The molecule has 0 aliphatic carbocycles. The Morgan fingerprint density at radius 2 is 1.68 bits per heavy atom. The first-order chi connectivity index (χ1) is 10.5. The van der Waals surface area contributed by atoms with E-state index < -0.39 is 6.04 Å². The molecule has 0 aliphatic heterocycles. The number of benzene rings is 1. The van der Waals surface area contributed by atoms with E-state index in [0.717, 1.165) is 36.1 Å². The van der Waals surface area contributed by atoms with Crippen LogP contribution in [0.5, 0.6) is 0 Å². The molecule has 0 aromatic heterocycles. The third-order valence-corrected chi connectivity index (χ3v) is 3.53. The highest BCUT2D eigenvalue weighted by Crippen LogP contribution is 2.22. The normalized spacial score (nSPS) is 11.6. The molecule has 5 heteroatoms. The van der Waals surface area contributed by atoms with E-state index in [-0.39, 0.29) is 11.9 Å². The summed E-state index contributed by atoms with van der Waals surface area (Å²) in [6, 6.07) is 5.10. The lowest BCUT2D eigenvalue weighted by molar-refractivity contribution is -0.122. The summed E-state index contributed by atoms with van der Waals surface area (Å²) in [6.07, 6.45) is 2.56. The monoisotopic (exact) mass is 305 g/mol. The van der Waals surface area contributed by atoms with Crippen LogP contribution in [-0.2, 0) is 17.6 Å². The van der Waals surface area contributed by atoms with Crippen LogP contribution in [0.15, 0.2) is 18.2 Å². The second-order valence-corrected chi connectivity index (χ2v) is 5.27. The van der Waals surface area contributed by atoms with Crippen molar-refractivity contribution in [2.75, 3.05) is 11.9 Å². The number of aryl methyl sites for hydroxylation is 2. The fourth-order valence-corrected chi connectivity index (χ4v) is 2.22. The van der Waals surface area contributed by atoms with Crippen molar-refractivity contribution in [2.24, 2.45) is 0 Å². The molecule has 0 bridgehead atoms. The predicted molar refractivity (Wildman–Crippen MR) is 90.1 cm³/mol. The van der Waals surface area contributed by atoms with Gasteiger partial charge in [-0.25, -0.2) is 4.79 Å². The Bertz CT molecular complexity index is 492. The second-order valence-electron chi connectivity index (χ2n) is 5.27. The van der Waals surface area contributed by atoms with Crippen molar-refractivity contribution in [1.29, 1.82) is 0 Å². The number of rotatable bonds is 7. The molecule has 0 heterocycles. The average Bonchev–Trinajstić information content (AvgIpc) is 2.52. The fraction of sp³-hybridized carbons (Fsp3) is 0.529. The van der Waals surface area contributed by atoms with Crippen LogP contribution in [0, 0.1) is 0 Å². The van der Waals surface area contributed by atoms with Gasteiger partial charge in [-0.15, -0.1) is 0 Å². The molecule has 0 saturated heterocycles. The number of hydrogen-bond donors (Lipinski definition) is 3. The van der Waals surface area contributed by atoms with Crippen molar-refractivity contribution in [2.45, 2.75) is 53.0 Å². The van der Waals surface area contributed by atoms with Crippen molar-refractivity contribution in [3.05, 3.63) is 29.3 Å². The zero-order valence-electron chi connectivity index (χ0n) is 14.0. The molecule has 122 valence electrons. The first-order valence-corrected chi connectivity index (χ1v) is 7.99. The number of carbonyl (C=O) groups excluding carboxylic acids is 2. The Balaban J connectivity index is 2.71. The van der Waals surface area contributed by atoms with Gasteiger partial charge in [-0.3, -0.25) is 4.79 Å². The molecule has 1 atom stereocenters. The molecule has 0 unspecified atom stereocenters. The zero-order valence-corrected chi connectivity index (χ0v) is 14.0. The maximum atomic E-state index is 12.1. The lowest BCUT2D eigenvalue weighted by Gasteiger charge is -2.17. The van der Waals surface area contributed by atoms with E-state index in [2.05, 4.69) is 29.8 Å². The first-order valence-electron chi connectivity index (χ1n) is 7.99. The van der Waals surface area contributed by atoms with Gasteiger partial charge in [-0.2, -0.15) is 0 Å². The van der Waals surface area contributed by atoms with Gasteiger partial charge in [0.25, 0.3) is 0 Å². The summed E-state index contributed by atoms with van der Waals surface area (Å²) in [6.45, 7) is 8.39. The van der Waals surface area contributed by atoms with Gasteiger partial charge in [0.15, 0.2) is 0 Å². The lowest BCUT2D eigenvalue weighted by Crippen LogP contribution is -2.46. The van der Waals surface area contributed by atoms with Gasteiger partial charge in [-0.05, 0) is 37.3 Å². The van der Waals surface area contributed by atoms with Gasteiger partial charge in [0.05, 0.1) is 0 Å². The van der Waals surface area contributed by atoms with Crippen LogP contribution in [0.25, 0.3) is 0 Å². The van der Waals surface area contributed by atoms with E-state index in [0.29, 0.717) is 6.54 Å². The molecule has 5 nitrogen and oxygen atoms in total. The Hall–Kier alpha value is -2.04. The molecule has 0 spiro atoms. The van der Waals surface area contributed by atoms with Crippen molar-refractivity contribution < 1.29 is 9.59 Å². The van der Waals surface area contributed by atoms with Crippen LogP contribution >= 0.6 is 0 Å². The smallest absolute Gasteiger partial charge is 0.319 e. The third-order valence-electron chi connectivity index (χ3n) is 3.53. The number of hydrogen-bond acceptors (Lipinski definition) is 2. The summed E-state index contributed by atoms with van der Waals surface area (Å²) < 4.78 is 0. The number of carbonyl (C=O) groups is 2. The summed E-state index contributed by atoms with van der Waals surface area (Å²) in [5, 5.41) is 8.34. The third kappa shape index (κ3) is 5.06. The van der Waals surface area contributed by atoms with E-state index in [4.69, 9.17) is 0 Å². The van der Waals surface area contributed by atoms with Gasteiger partial charge >= 0.3 is 6.03 Å². The van der Waals surface area contributed by atoms with Gasteiger partial charge in [-0.1, -0.05) is 39.0 Å². The molecular formula is C17H27N3O2. The predicted octanol–water partition coefficient (Wildman–Crippen LogP) is 2.85. The topological polar surface area (TPSA) is 70.2 Å². The lowest BCUT2D eigenvalue weighted by atomic mass is 10.0. The summed E-state index contributed by atoms with van der Waals surface area (Å²) in [5.41, 5.74) is 3.04. The molecule has 3 amide bonds. The number of para-hydroxylation sites is 1. The maximum absolute atomic E-state index is 12.1. The summed E-state index contributed by atoms with van der Waals surface area (Å²) in [5.74, 6) is -0.170. The Morgan fingerprint density at radius 1 is 1.09 bits per heavy atom. The van der Waals surface area contributed by atoms with E-state index in [1.165, 1.54) is 0 Å². The van der Waals surface area contributed by atoms with Crippen molar-refractivity contribution >= 4 is 17.6 Å². The molecule has 0 aliphatic rings. The highest BCUT2D eigenvalue weighted by molar-refractivity contribution is 5.94. The van der Waals surface area contributed by atoms with Crippen LogP contribution in [-0.4, -0.2) is 24.5 Å². The molecule has 1 rings (SSSR count). The summed E-state index contributed by atoms with van der Waals surface area (Å²) in [4.78, 5) is 23.9. The maximum Gasteiger partial charge on any atom is 0.319 e. The van der Waals surface area contributed by atoms with Crippen molar-refractivity contribution in [1.82, 2.24) is 10.6 Å². The number of anilines is 1. The largest absolute Gasteiger partial charge is 0.354 e. The molecule has 3 N–H and O–H groups in total. The average molecular weight is 305 g/mol. The van der Waals surface area contributed by atoms with Crippen molar-refractivity contribution in [3.63, 3.8) is 0 Å². The van der Waals surface area contributed by atoms with Gasteiger partial charge in [0.2, 0.25) is 5.91 Å². The van der Waals surface area contributed by atoms with Crippen LogP contribution in [0.4, 0.5) is 10.5 Å². The van der Waals surface area contributed by atoms with Crippen LogP contribution < -0.4 is 16.0 Å². The molecular weight excluding hydrogens is 278 g/mol. The Morgan fingerprint density at radius 3 is 2.18 bits per heavy atom. The minimum absolute atomic E-state index is 0.170. The SMILES string of the molecule is CCCNC(=O)[C@@H](C)NC(=O)Nc1c(CC)cccc1CC. The quantitative estimate of drug-likeness (QED) is 0.725. The van der Waals surface area contributed by atoms with Crippen LogP contribution in [0.2, 0.25) is 0 Å². The summed E-state index contributed by atoms with van der Waals surface area (Å²) >= 11 is 0. The second kappa shape index (κ2) is 9.07. The van der Waals surface area contributed by atoms with Crippen molar-refractivity contribution in [3.8, 4) is 0 Å². The molecule has 0 fully saturated rings. The van der Waals surface area contributed by atoms with Crippen LogP contribution in [0.1, 0.15) is 45.2 Å². The molecule has 1 aromatic rings. The highest BCUT2D eigenvalue weighted by Gasteiger charge is 2.16. The molecule has 0 saturated carbocycles. The molecule has 0 radical (unpaired) electrons. The number of amides is 3. The van der Waals surface area contributed by atoms with E-state index in [9.17, 15) is 9.59 Å². The standard InChI is InChI=1S/C17H27N3O2/c1-5-11-18-16(21)12(4)19-17(22)20-15-13(6-2)9-8-10-14(15)7-3/h8-10,12H,5-7,11H2,1-4H3,(H,18,21)(H2,19,20,22)/t12-/m1/s1. The van der Waals surface area contributed by atoms with Gasteiger partial charge < -0.3 is 16.0 Å². The zero-order chi connectivity index (χ0) is 16.5. The van der Waals surface area contributed by atoms with E-state index >= 15 is 0 Å².